The molecule has 0 aliphatic carbocycles. The zero-order chi connectivity index (χ0) is 15.7. The summed E-state index contributed by atoms with van der Waals surface area (Å²) in [6.07, 6.45) is 0.754. The van der Waals surface area contributed by atoms with Crippen LogP contribution in [0, 0.1) is 17.6 Å². The van der Waals surface area contributed by atoms with Gasteiger partial charge in [-0.2, -0.15) is 0 Å². The zero-order valence-corrected chi connectivity index (χ0v) is 12.4. The van der Waals surface area contributed by atoms with E-state index in [1.165, 1.54) is 12.1 Å². The Morgan fingerprint density at radius 2 is 2.23 bits per heavy atom. The zero-order valence-electron chi connectivity index (χ0n) is 12.4. The van der Waals surface area contributed by atoms with E-state index in [1.54, 1.807) is 0 Å². The molecule has 3 N–H and O–H groups in total. The molecular weight excluding hydrogens is 290 g/mol. The molecule has 0 bridgehead atoms. The summed E-state index contributed by atoms with van der Waals surface area (Å²) >= 11 is 0. The number of nitrogens with one attached hydrogen (secondary N) is 3. The third kappa shape index (κ3) is 3.05. The second kappa shape index (κ2) is 6.18. The van der Waals surface area contributed by atoms with Crippen molar-refractivity contribution in [2.45, 2.75) is 25.4 Å². The number of hydrogen-bond donors (Lipinski definition) is 3. The highest BCUT2D eigenvalue weighted by molar-refractivity contribution is 5.80. The molecule has 3 unspecified atom stereocenters. The number of anilines is 1. The first-order valence-corrected chi connectivity index (χ1v) is 7.53. The van der Waals surface area contributed by atoms with Crippen LogP contribution in [-0.2, 0) is 4.79 Å². The minimum Gasteiger partial charge on any atom is -0.367 e. The molecule has 0 radical (unpaired) electrons. The van der Waals surface area contributed by atoms with Crippen molar-refractivity contribution in [2.75, 3.05) is 24.5 Å². The molecular formula is C15H20F2N4O. The number of rotatable bonds is 3. The molecule has 1 aromatic rings. The van der Waals surface area contributed by atoms with Crippen LogP contribution in [0.2, 0.25) is 0 Å². The fourth-order valence-corrected chi connectivity index (χ4v) is 3.07. The number of hydrazine groups is 1. The van der Waals surface area contributed by atoms with Crippen LogP contribution in [0.5, 0.6) is 0 Å². The Morgan fingerprint density at radius 3 is 2.91 bits per heavy atom. The fourth-order valence-electron chi connectivity index (χ4n) is 3.07. The number of carbonyl (C=O) groups is 1. The predicted octanol–water partition coefficient (Wildman–Crippen LogP) is 0.772. The van der Waals surface area contributed by atoms with Gasteiger partial charge in [0.15, 0.2) is 0 Å². The summed E-state index contributed by atoms with van der Waals surface area (Å²) in [6.45, 7) is 3.75. The Hall–Kier alpha value is -1.73. The Balaban J connectivity index is 1.59. The molecule has 3 atom stereocenters. The van der Waals surface area contributed by atoms with Gasteiger partial charge in [-0.3, -0.25) is 15.6 Å². The topological polar surface area (TPSA) is 56.4 Å². The van der Waals surface area contributed by atoms with Crippen molar-refractivity contribution in [1.82, 2.24) is 16.2 Å². The SMILES string of the molecule is CC1NNCC1C(=O)NC1CCN(c2ccc(F)cc2F)C1. The molecule has 1 amide bonds. The Morgan fingerprint density at radius 1 is 1.41 bits per heavy atom. The molecule has 2 fully saturated rings. The molecule has 2 saturated heterocycles. The smallest absolute Gasteiger partial charge is 0.226 e. The maximum atomic E-state index is 13.8. The fraction of sp³-hybridized carbons (Fsp3) is 0.533. The van der Waals surface area contributed by atoms with Crippen LogP contribution in [0.15, 0.2) is 18.2 Å². The van der Waals surface area contributed by atoms with E-state index in [9.17, 15) is 13.6 Å². The van der Waals surface area contributed by atoms with Crippen LogP contribution in [0.1, 0.15) is 13.3 Å². The van der Waals surface area contributed by atoms with Gasteiger partial charge in [-0.05, 0) is 25.5 Å². The highest BCUT2D eigenvalue weighted by atomic mass is 19.1. The average Bonchev–Trinajstić information content (AvgIpc) is 3.08. The van der Waals surface area contributed by atoms with Crippen LogP contribution < -0.4 is 21.1 Å². The Labute approximate surface area is 128 Å². The summed E-state index contributed by atoms with van der Waals surface area (Å²) in [4.78, 5) is 14.1. The quantitative estimate of drug-likeness (QED) is 0.772. The molecule has 0 spiro atoms. The summed E-state index contributed by atoms with van der Waals surface area (Å²) in [5.74, 6) is -1.24. The largest absolute Gasteiger partial charge is 0.367 e. The van der Waals surface area contributed by atoms with Gasteiger partial charge in [0.05, 0.1) is 11.6 Å². The monoisotopic (exact) mass is 310 g/mol. The third-order valence-corrected chi connectivity index (χ3v) is 4.38. The average molecular weight is 310 g/mol. The van der Waals surface area contributed by atoms with Crippen molar-refractivity contribution < 1.29 is 13.6 Å². The number of benzene rings is 1. The van der Waals surface area contributed by atoms with Crippen LogP contribution >= 0.6 is 0 Å². The van der Waals surface area contributed by atoms with Gasteiger partial charge in [-0.25, -0.2) is 8.78 Å². The molecule has 5 nitrogen and oxygen atoms in total. The Bertz CT molecular complexity index is 568. The van der Waals surface area contributed by atoms with E-state index >= 15 is 0 Å². The van der Waals surface area contributed by atoms with Gasteiger partial charge in [0.25, 0.3) is 0 Å². The minimum absolute atomic E-state index is 0.00949. The van der Waals surface area contributed by atoms with E-state index in [1.807, 2.05) is 11.8 Å². The lowest BCUT2D eigenvalue weighted by molar-refractivity contribution is -0.125. The predicted molar refractivity (Wildman–Crippen MR) is 79.2 cm³/mol. The van der Waals surface area contributed by atoms with E-state index in [4.69, 9.17) is 0 Å². The highest BCUT2D eigenvalue weighted by Gasteiger charge is 2.32. The maximum Gasteiger partial charge on any atom is 0.226 e. The standard InChI is InChI=1S/C15H20F2N4O/c1-9-12(7-18-20-9)15(22)19-11-4-5-21(8-11)14-3-2-10(16)6-13(14)17/h2-3,6,9,11-12,18,20H,4-5,7-8H2,1H3,(H,19,22). The normalized spacial score (nSPS) is 28.1. The first kappa shape index (κ1) is 15.2. The molecule has 1 aromatic carbocycles. The van der Waals surface area contributed by atoms with E-state index in [0.29, 0.717) is 25.3 Å². The van der Waals surface area contributed by atoms with Gasteiger partial charge < -0.3 is 10.2 Å². The number of hydrogen-bond acceptors (Lipinski definition) is 4. The van der Waals surface area contributed by atoms with E-state index in [0.717, 1.165) is 12.5 Å². The lowest BCUT2D eigenvalue weighted by Crippen LogP contribution is -2.44. The number of halogens is 2. The van der Waals surface area contributed by atoms with Crippen molar-refractivity contribution in [3.05, 3.63) is 29.8 Å². The number of carbonyl (C=O) groups excluding carboxylic acids is 1. The van der Waals surface area contributed by atoms with Gasteiger partial charge in [-0.1, -0.05) is 0 Å². The second-order valence-corrected chi connectivity index (χ2v) is 5.96. The summed E-state index contributed by atoms with van der Waals surface area (Å²) in [5, 5.41) is 3.02. The van der Waals surface area contributed by atoms with Gasteiger partial charge in [0.1, 0.15) is 11.6 Å². The molecule has 120 valence electrons. The molecule has 0 aromatic heterocycles. The molecule has 3 rings (SSSR count). The minimum atomic E-state index is -0.583. The van der Waals surface area contributed by atoms with E-state index < -0.39 is 11.6 Å². The van der Waals surface area contributed by atoms with Crippen LogP contribution in [0.25, 0.3) is 0 Å². The lowest BCUT2D eigenvalue weighted by Gasteiger charge is -2.21. The Kier molecular flexibility index (Phi) is 4.26. The van der Waals surface area contributed by atoms with Crippen LogP contribution in [-0.4, -0.2) is 37.6 Å². The first-order valence-electron chi connectivity index (χ1n) is 7.53. The number of amides is 1. The van der Waals surface area contributed by atoms with E-state index in [-0.39, 0.29) is 23.9 Å². The van der Waals surface area contributed by atoms with Gasteiger partial charge in [0, 0.05) is 37.8 Å². The van der Waals surface area contributed by atoms with Gasteiger partial charge in [0.2, 0.25) is 5.91 Å². The van der Waals surface area contributed by atoms with Crippen molar-refractivity contribution in [1.29, 1.82) is 0 Å². The summed E-state index contributed by atoms with van der Waals surface area (Å²) in [5.41, 5.74) is 6.37. The highest BCUT2D eigenvalue weighted by Crippen LogP contribution is 2.24. The van der Waals surface area contributed by atoms with Gasteiger partial charge >= 0.3 is 0 Å². The molecule has 2 aliphatic rings. The van der Waals surface area contributed by atoms with Crippen molar-refractivity contribution in [3.8, 4) is 0 Å². The summed E-state index contributed by atoms with van der Waals surface area (Å²) in [6, 6.07) is 3.67. The van der Waals surface area contributed by atoms with Crippen molar-refractivity contribution in [3.63, 3.8) is 0 Å². The maximum absolute atomic E-state index is 13.8. The van der Waals surface area contributed by atoms with Gasteiger partial charge in [-0.15, -0.1) is 0 Å². The van der Waals surface area contributed by atoms with Crippen LogP contribution in [0.3, 0.4) is 0 Å². The molecule has 2 heterocycles. The molecule has 7 heteroatoms. The number of nitrogens with zero attached hydrogens (tertiary/aromatic N) is 1. The lowest BCUT2D eigenvalue weighted by atomic mass is 10.0. The van der Waals surface area contributed by atoms with Crippen molar-refractivity contribution in [2.24, 2.45) is 5.92 Å². The van der Waals surface area contributed by atoms with Crippen molar-refractivity contribution >= 4 is 11.6 Å². The second-order valence-electron chi connectivity index (χ2n) is 5.96. The molecule has 22 heavy (non-hydrogen) atoms. The third-order valence-electron chi connectivity index (χ3n) is 4.38. The summed E-state index contributed by atoms with van der Waals surface area (Å²) < 4.78 is 26.8. The van der Waals surface area contributed by atoms with E-state index in [2.05, 4.69) is 16.2 Å². The first-order chi connectivity index (χ1) is 10.5. The van der Waals surface area contributed by atoms with Crippen LogP contribution in [0.4, 0.5) is 14.5 Å². The molecule has 2 aliphatic heterocycles. The summed E-state index contributed by atoms with van der Waals surface area (Å²) in [7, 11) is 0. The molecule has 0 saturated carbocycles.